The van der Waals surface area contributed by atoms with E-state index < -0.39 is 17.7 Å². The molecule has 0 saturated carbocycles. The third-order valence-corrected chi connectivity index (χ3v) is 2.87. The van der Waals surface area contributed by atoms with Gasteiger partial charge in [-0.2, -0.15) is 4.79 Å². The molecule has 23 heavy (non-hydrogen) atoms. The van der Waals surface area contributed by atoms with Gasteiger partial charge in [0, 0.05) is 13.8 Å². The third-order valence-electron chi connectivity index (χ3n) is 2.87. The highest BCUT2D eigenvalue weighted by Gasteiger charge is 2.17. The van der Waals surface area contributed by atoms with E-state index in [4.69, 9.17) is 15.0 Å². The summed E-state index contributed by atoms with van der Waals surface area (Å²) in [5.74, 6) is -1.32. The van der Waals surface area contributed by atoms with Crippen molar-refractivity contribution in [1.82, 2.24) is 0 Å². The van der Waals surface area contributed by atoms with Gasteiger partial charge in [-0.3, -0.25) is 14.4 Å². The first-order valence-electron chi connectivity index (χ1n) is 6.57. The minimum absolute atomic E-state index is 0.0467. The summed E-state index contributed by atoms with van der Waals surface area (Å²) in [7, 11) is 0. The van der Waals surface area contributed by atoms with Crippen LogP contribution in [-0.4, -0.2) is 28.7 Å². The number of benzene rings is 2. The quantitative estimate of drug-likeness (QED) is 0.215. The van der Waals surface area contributed by atoms with Gasteiger partial charge in [0.25, 0.3) is 5.78 Å². The van der Waals surface area contributed by atoms with E-state index in [1.165, 1.54) is 26.0 Å². The Balaban J connectivity index is 2.62. The summed E-state index contributed by atoms with van der Waals surface area (Å²) < 4.78 is 10.0. The summed E-state index contributed by atoms with van der Waals surface area (Å²) in [4.78, 5) is 36.8. The average molecular weight is 312 g/mol. The first kappa shape index (κ1) is 16.1. The Morgan fingerprint density at radius 2 is 1.70 bits per heavy atom. The molecule has 7 nitrogen and oxygen atoms in total. The average Bonchev–Trinajstić information content (AvgIpc) is 2.45. The molecule has 2 aromatic carbocycles. The van der Waals surface area contributed by atoms with Crippen LogP contribution in [-0.2, 0) is 9.59 Å². The summed E-state index contributed by atoms with van der Waals surface area (Å²) in [6.45, 7) is 2.49. The van der Waals surface area contributed by atoms with Crippen LogP contribution < -0.4 is 9.47 Å². The molecule has 0 unspecified atom stereocenters. The number of carbonyl (C=O) groups excluding carboxylic acids is 3. The molecule has 0 aliphatic rings. The first-order chi connectivity index (χ1) is 10.9. The van der Waals surface area contributed by atoms with Crippen molar-refractivity contribution in [3.63, 3.8) is 0 Å². The minimum Gasteiger partial charge on any atom is -0.427 e. The molecule has 0 aliphatic heterocycles. The lowest BCUT2D eigenvalue weighted by Gasteiger charge is -2.09. The van der Waals surface area contributed by atoms with Crippen LogP contribution in [0.3, 0.4) is 0 Å². The number of fused-ring (bicyclic) bond motifs is 1. The predicted molar refractivity (Wildman–Crippen MR) is 80.6 cm³/mol. The molecule has 0 fully saturated rings. The third kappa shape index (κ3) is 3.87. The van der Waals surface area contributed by atoms with Gasteiger partial charge in [0.2, 0.25) is 0 Å². The molecule has 0 N–H and O–H groups in total. The lowest BCUT2D eigenvalue weighted by molar-refractivity contribution is -0.132. The summed E-state index contributed by atoms with van der Waals surface area (Å²) >= 11 is 0. The van der Waals surface area contributed by atoms with Gasteiger partial charge < -0.3 is 15.0 Å². The normalized spacial score (nSPS) is 9.83. The van der Waals surface area contributed by atoms with Crippen LogP contribution >= 0.6 is 0 Å². The van der Waals surface area contributed by atoms with E-state index in [0.29, 0.717) is 22.7 Å². The van der Waals surface area contributed by atoms with Crippen molar-refractivity contribution < 1.29 is 28.6 Å². The fourth-order valence-electron chi connectivity index (χ4n) is 2.04. The number of rotatable bonds is 4. The maximum absolute atomic E-state index is 12.0. The van der Waals surface area contributed by atoms with Crippen LogP contribution in [0.25, 0.3) is 16.3 Å². The molecule has 0 heterocycles. The van der Waals surface area contributed by atoms with Crippen molar-refractivity contribution in [2.75, 3.05) is 0 Å². The SMILES string of the molecule is CC(=O)Oc1ccc2cc(OC(C)=O)c(C(=O)C=[N+]=[N-])cc2c1. The van der Waals surface area contributed by atoms with E-state index in [1.807, 2.05) is 0 Å². The van der Waals surface area contributed by atoms with Crippen LogP contribution in [0.15, 0.2) is 30.3 Å². The molecule has 0 amide bonds. The van der Waals surface area contributed by atoms with E-state index in [9.17, 15) is 14.4 Å². The molecule has 0 saturated heterocycles. The number of ether oxygens (including phenoxy) is 2. The zero-order valence-electron chi connectivity index (χ0n) is 12.4. The molecule has 7 heteroatoms. The van der Waals surface area contributed by atoms with Crippen LogP contribution in [0, 0.1) is 0 Å². The number of esters is 2. The molecule has 0 radical (unpaired) electrons. The van der Waals surface area contributed by atoms with Gasteiger partial charge in [0.05, 0.1) is 5.56 Å². The van der Waals surface area contributed by atoms with Gasteiger partial charge in [-0.05, 0) is 35.0 Å². The maximum Gasteiger partial charge on any atom is 0.328 e. The Morgan fingerprint density at radius 1 is 1.00 bits per heavy atom. The zero-order valence-corrected chi connectivity index (χ0v) is 12.4. The molecule has 0 aromatic heterocycles. The second-order valence-electron chi connectivity index (χ2n) is 4.65. The first-order valence-corrected chi connectivity index (χ1v) is 6.57. The van der Waals surface area contributed by atoms with Gasteiger partial charge in [0.15, 0.2) is 0 Å². The molecule has 0 aliphatic carbocycles. The highest BCUT2D eigenvalue weighted by molar-refractivity contribution is 6.34. The predicted octanol–water partition coefficient (Wildman–Crippen LogP) is 2.17. The lowest BCUT2D eigenvalue weighted by atomic mass is 10.0. The number of hydrogen-bond acceptors (Lipinski definition) is 5. The second-order valence-corrected chi connectivity index (χ2v) is 4.65. The smallest absolute Gasteiger partial charge is 0.328 e. The van der Waals surface area contributed by atoms with Crippen LogP contribution in [0.1, 0.15) is 24.2 Å². The summed E-state index contributed by atoms with van der Waals surface area (Å²) in [5.41, 5.74) is 8.56. The summed E-state index contributed by atoms with van der Waals surface area (Å²) in [6, 6.07) is 7.78. The monoisotopic (exact) mass is 312 g/mol. The van der Waals surface area contributed by atoms with Crippen molar-refractivity contribution in [3.8, 4) is 11.5 Å². The van der Waals surface area contributed by atoms with Crippen LogP contribution in [0.2, 0.25) is 0 Å². The van der Waals surface area contributed by atoms with Crippen LogP contribution in [0.5, 0.6) is 11.5 Å². The zero-order chi connectivity index (χ0) is 17.0. The Bertz CT molecular complexity index is 866. The Kier molecular flexibility index (Phi) is 4.64. The van der Waals surface area contributed by atoms with Crippen molar-refractivity contribution in [1.29, 1.82) is 0 Å². The van der Waals surface area contributed by atoms with Crippen molar-refractivity contribution in [2.45, 2.75) is 13.8 Å². The summed E-state index contributed by atoms with van der Waals surface area (Å²) in [5, 5.41) is 1.27. The molecule has 0 bridgehead atoms. The Labute approximate surface area is 131 Å². The lowest BCUT2D eigenvalue weighted by Crippen LogP contribution is -2.09. The van der Waals surface area contributed by atoms with Gasteiger partial charge in [-0.15, -0.1) is 0 Å². The Hall–Kier alpha value is -3.31. The maximum atomic E-state index is 12.0. The minimum atomic E-state index is -0.636. The number of Topliss-reactive ketones (excluding diaryl/α,β-unsaturated/α-hetero) is 1. The number of ketones is 1. The second kappa shape index (κ2) is 6.64. The highest BCUT2D eigenvalue weighted by atomic mass is 16.5. The number of hydrogen-bond donors (Lipinski definition) is 0. The van der Waals surface area contributed by atoms with Crippen molar-refractivity contribution >= 4 is 34.7 Å². The van der Waals surface area contributed by atoms with Gasteiger partial charge in [0.1, 0.15) is 11.5 Å². The van der Waals surface area contributed by atoms with Crippen molar-refractivity contribution in [3.05, 3.63) is 41.4 Å². The fraction of sp³-hybridized carbons (Fsp3) is 0.125. The van der Waals surface area contributed by atoms with E-state index in [-0.39, 0.29) is 11.3 Å². The Morgan fingerprint density at radius 3 is 2.30 bits per heavy atom. The summed E-state index contributed by atoms with van der Waals surface area (Å²) in [6.07, 6.45) is 0.698. The molecule has 0 spiro atoms. The topological polar surface area (TPSA) is 106 Å². The fourth-order valence-corrected chi connectivity index (χ4v) is 2.04. The van der Waals surface area contributed by atoms with Crippen molar-refractivity contribution in [2.24, 2.45) is 0 Å². The van der Waals surface area contributed by atoms with Gasteiger partial charge >= 0.3 is 18.2 Å². The van der Waals surface area contributed by atoms with E-state index in [2.05, 4.69) is 4.79 Å². The van der Waals surface area contributed by atoms with Gasteiger partial charge in [-0.1, -0.05) is 6.07 Å². The van der Waals surface area contributed by atoms with Gasteiger partial charge in [-0.25, -0.2) is 0 Å². The molecule has 116 valence electrons. The van der Waals surface area contributed by atoms with E-state index in [1.54, 1.807) is 18.2 Å². The standard InChI is InChI=1S/C16H12N2O5/c1-9(19)22-13-4-3-11-7-16(23-10(2)20)14(6-12(11)5-13)15(21)8-18-17/h3-8H,1-2H3. The number of carbonyl (C=O) groups is 3. The van der Waals surface area contributed by atoms with E-state index >= 15 is 0 Å². The molecule has 2 aromatic rings. The number of nitrogens with zero attached hydrogens (tertiary/aromatic N) is 2. The molecular weight excluding hydrogens is 300 g/mol. The molecular formula is C16H12N2O5. The molecule has 2 rings (SSSR count). The van der Waals surface area contributed by atoms with E-state index in [0.717, 1.165) is 0 Å². The highest BCUT2D eigenvalue weighted by Crippen LogP contribution is 2.29. The largest absolute Gasteiger partial charge is 0.427 e. The van der Waals surface area contributed by atoms with Crippen LogP contribution in [0.4, 0.5) is 0 Å². The molecule has 0 atom stereocenters.